The lowest BCUT2D eigenvalue weighted by Gasteiger charge is -2.19. The predicted molar refractivity (Wildman–Crippen MR) is 73.3 cm³/mol. The van der Waals surface area contributed by atoms with Gasteiger partial charge in [-0.05, 0) is 32.8 Å². The minimum absolute atomic E-state index is 0.127. The first kappa shape index (κ1) is 14.6. The second kappa shape index (κ2) is 5.26. The maximum absolute atomic E-state index is 12.6. The Balaban J connectivity index is 2.40. The summed E-state index contributed by atoms with van der Waals surface area (Å²) in [5.74, 6) is 0. The molecule has 1 aromatic rings. The van der Waals surface area contributed by atoms with Gasteiger partial charge in [0.25, 0.3) is 0 Å². The predicted octanol–water partition coefficient (Wildman–Crippen LogP) is 1.73. The van der Waals surface area contributed by atoms with Gasteiger partial charge in [-0.1, -0.05) is 6.92 Å². The first-order valence-corrected chi connectivity index (χ1v) is 8.19. The Kier molecular flexibility index (Phi) is 4.03. The number of sulfonamides is 1. The Bertz CT molecular complexity index is 544. The molecule has 0 unspecified atom stereocenters. The molecule has 0 amide bonds. The molecule has 0 atom stereocenters. The SMILES string of the molecule is CCN(C1CC1)S(=O)(=O)c1cc(CO)n(C(C)C)c1. The van der Waals surface area contributed by atoms with E-state index in [0.717, 1.165) is 12.8 Å². The van der Waals surface area contributed by atoms with Crippen LogP contribution in [0.2, 0.25) is 0 Å². The van der Waals surface area contributed by atoms with E-state index in [1.807, 2.05) is 25.3 Å². The lowest BCUT2D eigenvalue weighted by atomic mass is 10.3. The molecule has 0 saturated heterocycles. The standard InChI is InChI=1S/C13H22N2O3S/c1-4-15(11-5-6-11)19(17,18)13-7-12(9-16)14(8-13)10(2)3/h7-8,10-11,16H,4-6,9H2,1-3H3. The Morgan fingerprint density at radius 3 is 2.47 bits per heavy atom. The molecule has 1 aromatic heterocycles. The summed E-state index contributed by atoms with van der Waals surface area (Å²) in [7, 11) is -3.43. The van der Waals surface area contributed by atoms with E-state index in [4.69, 9.17) is 0 Å². The van der Waals surface area contributed by atoms with Crippen LogP contribution in [0.25, 0.3) is 0 Å². The third kappa shape index (κ3) is 2.70. The zero-order valence-corrected chi connectivity index (χ0v) is 12.5. The summed E-state index contributed by atoms with van der Waals surface area (Å²) in [6.45, 7) is 6.14. The van der Waals surface area contributed by atoms with Gasteiger partial charge in [-0.15, -0.1) is 0 Å². The minimum atomic E-state index is -3.43. The molecule has 5 nitrogen and oxygen atoms in total. The van der Waals surface area contributed by atoms with E-state index in [9.17, 15) is 13.5 Å². The Hall–Kier alpha value is -0.850. The first-order valence-electron chi connectivity index (χ1n) is 6.75. The molecule has 0 spiro atoms. The van der Waals surface area contributed by atoms with Gasteiger partial charge in [-0.2, -0.15) is 4.31 Å². The number of aromatic nitrogens is 1. The average molecular weight is 286 g/mol. The first-order chi connectivity index (χ1) is 8.91. The van der Waals surface area contributed by atoms with E-state index in [0.29, 0.717) is 17.1 Å². The van der Waals surface area contributed by atoms with Crippen molar-refractivity contribution in [2.45, 2.75) is 57.2 Å². The lowest BCUT2D eigenvalue weighted by molar-refractivity contribution is 0.268. The van der Waals surface area contributed by atoms with E-state index < -0.39 is 10.0 Å². The number of nitrogens with zero attached hydrogens (tertiary/aromatic N) is 2. The van der Waals surface area contributed by atoms with Gasteiger partial charge in [0.15, 0.2) is 0 Å². The van der Waals surface area contributed by atoms with Crippen molar-refractivity contribution in [1.29, 1.82) is 0 Å². The molecule has 1 heterocycles. The maximum Gasteiger partial charge on any atom is 0.244 e. The molecule has 1 fully saturated rings. The summed E-state index contributed by atoms with van der Waals surface area (Å²) < 4.78 is 28.5. The third-order valence-electron chi connectivity index (χ3n) is 3.50. The summed E-state index contributed by atoms with van der Waals surface area (Å²) in [5.41, 5.74) is 0.639. The van der Waals surface area contributed by atoms with E-state index >= 15 is 0 Å². The quantitative estimate of drug-likeness (QED) is 0.866. The van der Waals surface area contributed by atoms with E-state index in [2.05, 4.69) is 0 Å². The van der Waals surface area contributed by atoms with Crippen LogP contribution in [-0.2, 0) is 16.6 Å². The van der Waals surface area contributed by atoms with Crippen molar-refractivity contribution in [2.24, 2.45) is 0 Å². The van der Waals surface area contributed by atoms with Crippen LogP contribution in [0.15, 0.2) is 17.2 Å². The van der Waals surface area contributed by atoms with Crippen LogP contribution in [0.5, 0.6) is 0 Å². The molecule has 108 valence electrons. The number of hydrogen-bond acceptors (Lipinski definition) is 3. The summed E-state index contributed by atoms with van der Waals surface area (Å²) in [6.07, 6.45) is 3.53. The van der Waals surface area contributed by atoms with Gasteiger partial charge in [-0.3, -0.25) is 0 Å². The number of rotatable bonds is 6. The highest BCUT2D eigenvalue weighted by molar-refractivity contribution is 7.89. The average Bonchev–Trinajstić information content (AvgIpc) is 3.06. The highest BCUT2D eigenvalue weighted by atomic mass is 32.2. The molecule has 0 aliphatic heterocycles. The summed E-state index contributed by atoms with van der Waals surface area (Å²) in [6, 6.07) is 1.87. The molecule has 2 rings (SSSR count). The monoisotopic (exact) mass is 286 g/mol. The Labute approximate surface area is 114 Å². The van der Waals surface area contributed by atoms with Crippen LogP contribution < -0.4 is 0 Å². The van der Waals surface area contributed by atoms with Crippen molar-refractivity contribution in [3.8, 4) is 0 Å². The molecular weight excluding hydrogens is 264 g/mol. The molecule has 1 aliphatic carbocycles. The van der Waals surface area contributed by atoms with Gasteiger partial charge < -0.3 is 9.67 Å². The van der Waals surface area contributed by atoms with Crippen LogP contribution in [0.3, 0.4) is 0 Å². The molecule has 0 bridgehead atoms. The number of aliphatic hydroxyl groups is 1. The van der Waals surface area contributed by atoms with Crippen LogP contribution in [0.4, 0.5) is 0 Å². The van der Waals surface area contributed by atoms with E-state index in [-0.39, 0.29) is 18.7 Å². The molecule has 6 heteroatoms. The van der Waals surface area contributed by atoms with Gasteiger partial charge >= 0.3 is 0 Å². The van der Waals surface area contributed by atoms with Crippen molar-refractivity contribution in [2.75, 3.05) is 6.54 Å². The highest BCUT2D eigenvalue weighted by Gasteiger charge is 2.37. The van der Waals surface area contributed by atoms with E-state index in [1.54, 1.807) is 16.6 Å². The molecule has 0 aromatic carbocycles. The molecule has 19 heavy (non-hydrogen) atoms. The summed E-state index contributed by atoms with van der Waals surface area (Å²) >= 11 is 0. The summed E-state index contributed by atoms with van der Waals surface area (Å²) in [4.78, 5) is 0.291. The normalized spacial score (nSPS) is 16.5. The Morgan fingerprint density at radius 1 is 1.47 bits per heavy atom. The van der Waals surface area contributed by atoms with Gasteiger partial charge in [0.2, 0.25) is 10.0 Å². The van der Waals surface area contributed by atoms with Crippen molar-refractivity contribution in [1.82, 2.24) is 8.87 Å². The van der Waals surface area contributed by atoms with Gasteiger partial charge in [-0.25, -0.2) is 8.42 Å². The Morgan fingerprint density at radius 2 is 2.11 bits per heavy atom. The molecule has 0 radical (unpaired) electrons. The fraction of sp³-hybridized carbons (Fsp3) is 0.692. The van der Waals surface area contributed by atoms with Crippen LogP contribution in [0.1, 0.15) is 45.3 Å². The molecule has 1 N–H and O–H groups in total. The van der Waals surface area contributed by atoms with Gasteiger partial charge in [0.1, 0.15) is 4.90 Å². The highest BCUT2D eigenvalue weighted by Crippen LogP contribution is 2.32. The van der Waals surface area contributed by atoms with Crippen LogP contribution in [-0.4, -0.2) is 35.0 Å². The van der Waals surface area contributed by atoms with Crippen LogP contribution >= 0.6 is 0 Å². The minimum Gasteiger partial charge on any atom is -0.390 e. The fourth-order valence-electron chi connectivity index (χ4n) is 2.37. The largest absolute Gasteiger partial charge is 0.390 e. The lowest BCUT2D eigenvalue weighted by Crippen LogP contribution is -2.32. The van der Waals surface area contributed by atoms with Gasteiger partial charge in [0, 0.05) is 30.5 Å². The topological polar surface area (TPSA) is 62.5 Å². The summed E-state index contributed by atoms with van der Waals surface area (Å²) in [5, 5.41) is 9.33. The maximum atomic E-state index is 12.6. The van der Waals surface area contributed by atoms with Crippen molar-refractivity contribution in [3.05, 3.63) is 18.0 Å². The van der Waals surface area contributed by atoms with Gasteiger partial charge in [0.05, 0.1) is 6.61 Å². The zero-order chi connectivity index (χ0) is 14.2. The fourth-order valence-corrected chi connectivity index (χ4v) is 4.11. The van der Waals surface area contributed by atoms with E-state index in [1.165, 1.54) is 0 Å². The zero-order valence-electron chi connectivity index (χ0n) is 11.7. The molecule has 1 saturated carbocycles. The van der Waals surface area contributed by atoms with Crippen molar-refractivity contribution < 1.29 is 13.5 Å². The number of hydrogen-bond donors (Lipinski definition) is 1. The smallest absolute Gasteiger partial charge is 0.244 e. The third-order valence-corrected chi connectivity index (χ3v) is 5.49. The number of aliphatic hydroxyl groups excluding tert-OH is 1. The molecule has 1 aliphatic rings. The second-order valence-electron chi connectivity index (χ2n) is 5.27. The van der Waals surface area contributed by atoms with Crippen molar-refractivity contribution >= 4 is 10.0 Å². The van der Waals surface area contributed by atoms with Crippen molar-refractivity contribution in [3.63, 3.8) is 0 Å². The molecular formula is C13H22N2O3S. The second-order valence-corrected chi connectivity index (χ2v) is 7.16. The van der Waals surface area contributed by atoms with Crippen LogP contribution in [0, 0.1) is 0 Å².